The van der Waals surface area contributed by atoms with E-state index in [2.05, 4.69) is 57.3 Å². The first-order chi connectivity index (χ1) is 7.94. The summed E-state index contributed by atoms with van der Waals surface area (Å²) in [6, 6.07) is 9.12. The standard InChI is InChI=1S/C16H27N/c1-13(2)15-8-6-14(7-9-15)12-16(3,4)10-11-17-5/h6-9,13,17H,10-12H2,1-5H3. The molecule has 1 aromatic carbocycles. The van der Waals surface area contributed by atoms with Gasteiger partial charge in [-0.15, -0.1) is 0 Å². The molecule has 1 N–H and O–H groups in total. The maximum absolute atomic E-state index is 3.23. The van der Waals surface area contributed by atoms with Crippen molar-refractivity contribution in [1.29, 1.82) is 0 Å². The molecular formula is C16H27N. The topological polar surface area (TPSA) is 12.0 Å². The van der Waals surface area contributed by atoms with E-state index in [1.54, 1.807) is 0 Å². The fourth-order valence-electron chi connectivity index (χ4n) is 2.12. The molecule has 1 heteroatoms. The first-order valence-electron chi connectivity index (χ1n) is 6.68. The number of rotatable bonds is 6. The number of nitrogens with one attached hydrogen (secondary N) is 1. The molecule has 17 heavy (non-hydrogen) atoms. The van der Waals surface area contributed by atoms with Crippen LogP contribution in [0.4, 0.5) is 0 Å². The molecule has 0 unspecified atom stereocenters. The van der Waals surface area contributed by atoms with E-state index in [1.165, 1.54) is 17.5 Å². The lowest BCUT2D eigenvalue weighted by atomic mass is 9.82. The Morgan fingerprint density at radius 2 is 1.71 bits per heavy atom. The molecule has 0 heterocycles. The highest BCUT2D eigenvalue weighted by atomic mass is 14.8. The second-order valence-corrected chi connectivity index (χ2v) is 6.09. The lowest BCUT2D eigenvalue weighted by Gasteiger charge is -2.24. The van der Waals surface area contributed by atoms with Crippen molar-refractivity contribution in [2.45, 2.75) is 46.5 Å². The predicted molar refractivity (Wildman–Crippen MR) is 76.6 cm³/mol. The number of hydrogen-bond donors (Lipinski definition) is 1. The Bertz CT molecular complexity index is 322. The maximum atomic E-state index is 3.23. The summed E-state index contributed by atoms with van der Waals surface area (Å²) in [5.74, 6) is 0.626. The molecule has 0 aliphatic heterocycles. The van der Waals surface area contributed by atoms with Crippen LogP contribution in [0.2, 0.25) is 0 Å². The molecule has 96 valence electrons. The van der Waals surface area contributed by atoms with Crippen molar-refractivity contribution in [2.75, 3.05) is 13.6 Å². The predicted octanol–water partition coefficient (Wildman–Crippen LogP) is 3.99. The first kappa shape index (κ1) is 14.2. The third-order valence-electron chi connectivity index (χ3n) is 3.38. The lowest BCUT2D eigenvalue weighted by Crippen LogP contribution is -2.21. The van der Waals surface area contributed by atoms with Gasteiger partial charge in [0, 0.05) is 0 Å². The van der Waals surface area contributed by atoms with Gasteiger partial charge in [0.25, 0.3) is 0 Å². The van der Waals surface area contributed by atoms with E-state index in [0.29, 0.717) is 11.3 Å². The van der Waals surface area contributed by atoms with Gasteiger partial charge < -0.3 is 5.32 Å². The van der Waals surface area contributed by atoms with Crippen LogP contribution in [0.3, 0.4) is 0 Å². The highest BCUT2D eigenvalue weighted by Gasteiger charge is 2.17. The Hall–Kier alpha value is -0.820. The molecule has 0 atom stereocenters. The van der Waals surface area contributed by atoms with Gasteiger partial charge in [0.2, 0.25) is 0 Å². The average molecular weight is 233 g/mol. The van der Waals surface area contributed by atoms with Crippen LogP contribution in [0.15, 0.2) is 24.3 Å². The van der Waals surface area contributed by atoms with E-state index < -0.39 is 0 Å². The molecule has 0 aromatic heterocycles. The molecule has 1 nitrogen and oxygen atoms in total. The molecule has 0 saturated heterocycles. The van der Waals surface area contributed by atoms with E-state index in [-0.39, 0.29) is 0 Å². The zero-order valence-corrected chi connectivity index (χ0v) is 12.0. The van der Waals surface area contributed by atoms with Crippen molar-refractivity contribution in [3.8, 4) is 0 Å². The van der Waals surface area contributed by atoms with Gasteiger partial charge in [-0.2, -0.15) is 0 Å². The van der Waals surface area contributed by atoms with Crippen molar-refractivity contribution in [3.05, 3.63) is 35.4 Å². The molecule has 0 aliphatic carbocycles. The quantitative estimate of drug-likeness (QED) is 0.783. The smallest absolute Gasteiger partial charge is 0.00467 e. The Balaban J connectivity index is 2.62. The van der Waals surface area contributed by atoms with Gasteiger partial charge in [-0.05, 0) is 48.9 Å². The van der Waals surface area contributed by atoms with Crippen LogP contribution in [-0.2, 0) is 6.42 Å². The third kappa shape index (κ3) is 4.91. The molecule has 0 saturated carbocycles. The zero-order valence-electron chi connectivity index (χ0n) is 12.0. The fraction of sp³-hybridized carbons (Fsp3) is 0.625. The largest absolute Gasteiger partial charge is 0.320 e. The van der Waals surface area contributed by atoms with Crippen molar-refractivity contribution in [3.63, 3.8) is 0 Å². The summed E-state index contributed by atoms with van der Waals surface area (Å²) < 4.78 is 0. The molecule has 0 radical (unpaired) electrons. The molecule has 0 aliphatic rings. The van der Waals surface area contributed by atoms with Gasteiger partial charge in [0.05, 0.1) is 0 Å². The normalized spacial score (nSPS) is 12.1. The maximum Gasteiger partial charge on any atom is -0.00467 e. The van der Waals surface area contributed by atoms with E-state index >= 15 is 0 Å². The summed E-state index contributed by atoms with van der Waals surface area (Å²) >= 11 is 0. The summed E-state index contributed by atoms with van der Waals surface area (Å²) in [7, 11) is 2.02. The van der Waals surface area contributed by atoms with Crippen molar-refractivity contribution >= 4 is 0 Å². The summed E-state index contributed by atoms with van der Waals surface area (Å²) in [5, 5.41) is 3.23. The molecule has 0 bridgehead atoms. The summed E-state index contributed by atoms with van der Waals surface area (Å²) in [4.78, 5) is 0. The van der Waals surface area contributed by atoms with E-state index in [1.807, 2.05) is 7.05 Å². The van der Waals surface area contributed by atoms with E-state index in [4.69, 9.17) is 0 Å². The molecule has 0 fully saturated rings. The Morgan fingerprint density at radius 1 is 1.12 bits per heavy atom. The minimum absolute atomic E-state index is 0.377. The van der Waals surface area contributed by atoms with E-state index in [0.717, 1.165) is 13.0 Å². The summed E-state index contributed by atoms with van der Waals surface area (Å²) in [6.45, 7) is 10.3. The highest BCUT2D eigenvalue weighted by Crippen LogP contribution is 2.26. The van der Waals surface area contributed by atoms with Gasteiger partial charge >= 0.3 is 0 Å². The number of hydrogen-bond acceptors (Lipinski definition) is 1. The Morgan fingerprint density at radius 3 is 2.18 bits per heavy atom. The third-order valence-corrected chi connectivity index (χ3v) is 3.38. The van der Waals surface area contributed by atoms with Gasteiger partial charge in [-0.25, -0.2) is 0 Å². The van der Waals surface area contributed by atoms with E-state index in [9.17, 15) is 0 Å². The second-order valence-electron chi connectivity index (χ2n) is 6.09. The van der Waals surface area contributed by atoms with Crippen LogP contribution in [-0.4, -0.2) is 13.6 Å². The molecule has 0 amide bonds. The van der Waals surface area contributed by atoms with Crippen molar-refractivity contribution in [1.82, 2.24) is 5.32 Å². The molecule has 1 rings (SSSR count). The lowest BCUT2D eigenvalue weighted by molar-refractivity contribution is 0.329. The van der Waals surface area contributed by atoms with Crippen LogP contribution >= 0.6 is 0 Å². The average Bonchev–Trinajstić information content (AvgIpc) is 2.26. The molecule has 1 aromatic rings. The van der Waals surface area contributed by atoms with Crippen LogP contribution in [0, 0.1) is 5.41 Å². The minimum atomic E-state index is 0.377. The van der Waals surface area contributed by atoms with Crippen LogP contribution in [0.1, 0.15) is 51.2 Å². The highest BCUT2D eigenvalue weighted by molar-refractivity contribution is 5.25. The summed E-state index contributed by atoms with van der Waals surface area (Å²) in [6.07, 6.45) is 2.38. The van der Waals surface area contributed by atoms with Crippen molar-refractivity contribution in [2.24, 2.45) is 5.41 Å². The SMILES string of the molecule is CNCCC(C)(C)Cc1ccc(C(C)C)cc1. The Labute approximate surface area is 107 Å². The fourth-order valence-corrected chi connectivity index (χ4v) is 2.12. The first-order valence-corrected chi connectivity index (χ1v) is 6.68. The van der Waals surface area contributed by atoms with Gasteiger partial charge in [-0.3, -0.25) is 0 Å². The van der Waals surface area contributed by atoms with Crippen LogP contribution < -0.4 is 5.32 Å². The second kappa shape index (κ2) is 6.20. The number of benzene rings is 1. The van der Waals surface area contributed by atoms with Gasteiger partial charge in [-0.1, -0.05) is 52.0 Å². The molecular weight excluding hydrogens is 206 g/mol. The van der Waals surface area contributed by atoms with Crippen molar-refractivity contribution < 1.29 is 0 Å². The zero-order chi connectivity index (χ0) is 12.9. The van der Waals surface area contributed by atoms with Gasteiger partial charge in [0.1, 0.15) is 0 Å². The Kier molecular flexibility index (Phi) is 5.20. The van der Waals surface area contributed by atoms with Gasteiger partial charge in [0.15, 0.2) is 0 Å². The summed E-state index contributed by atoms with van der Waals surface area (Å²) in [5.41, 5.74) is 3.26. The molecule has 0 spiro atoms. The van der Waals surface area contributed by atoms with Crippen LogP contribution in [0.5, 0.6) is 0 Å². The minimum Gasteiger partial charge on any atom is -0.320 e. The van der Waals surface area contributed by atoms with Crippen LogP contribution in [0.25, 0.3) is 0 Å². The monoisotopic (exact) mass is 233 g/mol.